The molecule has 0 saturated carbocycles. The highest BCUT2D eigenvalue weighted by atomic mass is 16.5. The van der Waals surface area contributed by atoms with E-state index in [1.54, 1.807) is 6.07 Å². The van der Waals surface area contributed by atoms with Crippen LogP contribution in [0.25, 0.3) is 10.9 Å². The van der Waals surface area contributed by atoms with E-state index in [9.17, 15) is 9.59 Å². The predicted octanol–water partition coefficient (Wildman–Crippen LogP) is 1.46. The van der Waals surface area contributed by atoms with Gasteiger partial charge in [0.25, 0.3) is 0 Å². The highest BCUT2D eigenvalue weighted by Gasteiger charge is 2.29. The van der Waals surface area contributed by atoms with Gasteiger partial charge in [0, 0.05) is 30.1 Å². The van der Waals surface area contributed by atoms with Gasteiger partial charge in [-0.2, -0.15) is 0 Å². The Hall–Kier alpha value is -2.34. The van der Waals surface area contributed by atoms with Gasteiger partial charge >= 0.3 is 5.97 Å². The number of nitrogens with one attached hydrogen (secondary N) is 2. The van der Waals surface area contributed by atoms with Crippen LogP contribution in [0.5, 0.6) is 5.75 Å². The smallest absolute Gasteiger partial charge is 0.334 e. The first-order valence-electron chi connectivity index (χ1n) is 7.79. The molecule has 0 bridgehead atoms. The molecule has 1 aliphatic heterocycles. The van der Waals surface area contributed by atoms with Crippen molar-refractivity contribution in [1.82, 2.24) is 15.2 Å². The molecule has 6 heteroatoms. The van der Waals surface area contributed by atoms with Crippen LogP contribution in [-0.4, -0.2) is 48.4 Å². The fourth-order valence-corrected chi connectivity index (χ4v) is 2.82. The maximum absolute atomic E-state index is 12.2. The lowest BCUT2D eigenvalue weighted by atomic mass is 10.1. The van der Waals surface area contributed by atoms with E-state index in [1.165, 1.54) is 0 Å². The Bertz CT molecular complexity index is 736. The standard InChI is InChI=1S/C17H21N3O3/c1-20(2)9-8-11-10-18-12-4-3-5-14(16(11)12)23-17(22)13-6-7-15(21)19-13/h3-5,10,13,18H,6-9H2,1-2H3,(H,19,21). The largest absolute Gasteiger partial charge is 0.424 e. The summed E-state index contributed by atoms with van der Waals surface area (Å²) in [4.78, 5) is 28.8. The van der Waals surface area contributed by atoms with E-state index in [0.717, 1.165) is 29.4 Å². The van der Waals surface area contributed by atoms with Gasteiger partial charge in [0.2, 0.25) is 5.91 Å². The number of ether oxygens (including phenoxy) is 1. The number of amides is 1. The summed E-state index contributed by atoms with van der Waals surface area (Å²) in [5, 5.41) is 3.58. The summed E-state index contributed by atoms with van der Waals surface area (Å²) in [6.07, 6.45) is 3.70. The van der Waals surface area contributed by atoms with Gasteiger partial charge in [0.15, 0.2) is 0 Å². The topological polar surface area (TPSA) is 74.4 Å². The van der Waals surface area contributed by atoms with E-state index in [0.29, 0.717) is 18.6 Å². The van der Waals surface area contributed by atoms with Crippen LogP contribution in [0.2, 0.25) is 0 Å². The van der Waals surface area contributed by atoms with Crippen molar-refractivity contribution in [2.45, 2.75) is 25.3 Å². The number of esters is 1. The molecule has 0 radical (unpaired) electrons. The molecule has 0 spiro atoms. The van der Waals surface area contributed by atoms with E-state index in [-0.39, 0.29) is 5.91 Å². The van der Waals surface area contributed by atoms with E-state index < -0.39 is 12.0 Å². The predicted molar refractivity (Wildman–Crippen MR) is 87.4 cm³/mol. The van der Waals surface area contributed by atoms with Gasteiger partial charge in [-0.05, 0) is 44.6 Å². The van der Waals surface area contributed by atoms with Crippen molar-refractivity contribution < 1.29 is 14.3 Å². The molecule has 0 aliphatic carbocycles. The molecule has 3 rings (SSSR count). The maximum Gasteiger partial charge on any atom is 0.334 e. The Kier molecular flexibility index (Phi) is 4.34. The lowest BCUT2D eigenvalue weighted by Crippen LogP contribution is -2.36. The van der Waals surface area contributed by atoms with Gasteiger partial charge in [-0.25, -0.2) is 4.79 Å². The second kappa shape index (κ2) is 6.42. The number of hydrogen-bond donors (Lipinski definition) is 2. The number of carbonyl (C=O) groups excluding carboxylic acids is 2. The van der Waals surface area contributed by atoms with Crippen molar-refractivity contribution in [3.63, 3.8) is 0 Å². The van der Waals surface area contributed by atoms with E-state index in [2.05, 4.69) is 15.2 Å². The Labute approximate surface area is 134 Å². The van der Waals surface area contributed by atoms with Crippen molar-refractivity contribution >= 4 is 22.8 Å². The Morgan fingerprint density at radius 2 is 2.22 bits per heavy atom. The number of H-pyrrole nitrogens is 1. The minimum atomic E-state index is -0.540. The molecule has 1 aliphatic rings. The van der Waals surface area contributed by atoms with Crippen LogP contribution in [0.4, 0.5) is 0 Å². The van der Waals surface area contributed by atoms with E-state index in [1.807, 2.05) is 32.4 Å². The minimum Gasteiger partial charge on any atom is -0.424 e. The Morgan fingerprint density at radius 3 is 2.91 bits per heavy atom. The van der Waals surface area contributed by atoms with Crippen LogP contribution in [-0.2, 0) is 16.0 Å². The molecule has 2 heterocycles. The summed E-state index contributed by atoms with van der Waals surface area (Å²) in [7, 11) is 4.05. The normalized spacial score (nSPS) is 17.7. The number of aromatic nitrogens is 1. The molecule has 1 aromatic heterocycles. The second-order valence-corrected chi connectivity index (χ2v) is 6.13. The third-order valence-corrected chi connectivity index (χ3v) is 4.07. The first kappa shape index (κ1) is 15.6. The number of aromatic amines is 1. The van der Waals surface area contributed by atoms with E-state index in [4.69, 9.17) is 4.74 Å². The van der Waals surface area contributed by atoms with Crippen LogP contribution in [0.15, 0.2) is 24.4 Å². The molecular weight excluding hydrogens is 294 g/mol. The lowest BCUT2D eigenvalue weighted by molar-refractivity contribution is -0.137. The van der Waals surface area contributed by atoms with Crippen molar-refractivity contribution in [1.29, 1.82) is 0 Å². The third-order valence-electron chi connectivity index (χ3n) is 4.07. The minimum absolute atomic E-state index is 0.0986. The van der Waals surface area contributed by atoms with Gasteiger partial charge in [-0.3, -0.25) is 4.79 Å². The first-order chi connectivity index (χ1) is 11.0. The van der Waals surface area contributed by atoms with Crippen molar-refractivity contribution in [3.8, 4) is 5.75 Å². The number of nitrogens with zero attached hydrogens (tertiary/aromatic N) is 1. The molecule has 6 nitrogen and oxygen atoms in total. The molecule has 1 saturated heterocycles. The molecular formula is C17H21N3O3. The molecule has 1 aromatic carbocycles. The van der Waals surface area contributed by atoms with Gasteiger partial charge in [-0.15, -0.1) is 0 Å². The monoisotopic (exact) mass is 315 g/mol. The molecule has 122 valence electrons. The van der Waals surface area contributed by atoms with Crippen LogP contribution in [0, 0.1) is 0 Å². The van der Waals surface area contributed by atoms with Crippen molar-refractivity contribution in [3.05, 3.63) is 30.0 Å². The molecule has 1 unspecified atom stereocenters. The molecule has 1 atom stereocenters. The number of fused-ring (bicyclic) bond motifs is 1. The van der Waals surface area contributed by atoms with Crippen LogP contribution in [0.1, 0.15) is 18.4 Å². The second-order valence-electron chi connectivity index (χ2n) is 6.13. The average Bonchev–Trinajstić information content (AvgIpc) is 3.12. The van der Waals surface area contributed by atoms with Gasteiger partial charge in [0.1, 0.15) is 11.8 Å². The number of benzene rings is 1. The summed E-state index contributed by atoms with van der Waals surface area (Å²) in [6.45, 7) is 0.911. The SMILES string of the molecule is CN(C)CCc1c[nH]c2cccc(OC(=O)C3CCC(=O)N3)c12. The average molecular weight is 315 g/mol. The molecule has 2 N–H and O–H groups in total. The fraction of sp³-hybridized carbons (Fsp3) is 0.412. The van der Waals surface area contributed by atoms with Crippen LogP contribution >= 0.6 is 0 Å². The maximum atomic E-state index is 12.2. The Morgan fingerprint density at radius 1 is 1.39 bits per heavy atom. The third kappa shape index (κ3) is 3.37. The quantitative estimate of drug-likeness (QED) is 0.647. The van der Waals surface area contributed by atoms with Gasteiger partial charge < -0.3 is 19.9 Å². The number of rotatable bonds is 5. The molecule has 1 amide bonds. The van der Waals surface area contributed by atoms with Gasteiger partial charge in [-0.1, -0.05) is 6.07 Å². The molecule has 2 aromatic rings. The number of hydrogen-bond acceptors (Lipinski definition) is 4. The molecule has 1 fully saturated rings. The summed E-state index contributed by atoms with van der Waals surface area (Å²) >= 11 is 0. The summed E-state index contributed by atoms with van der Waals surface area (Å²) < 4.78 is 5.58. The zero-order chi connectivity index (χ0) is 16.4. The summed E-state index contributed by atoms with van der Waals surface area (Å²) in [6, 6.07) is 5.07. The number of carbonyl (C=O) groups is 2. The van der Waals surface area contributed by atoms with Crippen LogP contribution in [0.3, 0.4) is 0 Å². The summed E-state index contributed by atoms with van der Waals surface area (Å²) in [5.41, 5.74) is 2.06. The fourth-order valence-electron chi connectivity index (χ4n) is 2.82. The van der Waals surface area contributed by atoms with Crippen molar-refractivity contribution in [2.75, 3.05) is 20.6 Å². The zero-order valence-electron chi connectivity index (χ0n) is 13.4. The van der Waals surface area contributed by atoms with Crippen molar-refractivity contribution in [2.24, 2.45) is 0 Å². The van der Waals surface area contributed by atoms with E-state index >= 15 is 0 Å². The zero-order valence-corrected chi connectivity index (χ0v) is 13.4. The Balaban J connectivity index is 1.83. The lowest BCUT2D eigenvalue weighted by Gasteiger charge is -2.12. The van der Waals surface area contributed by atoms with Gasteiger partial charge in [0.05, 0.1) is 0 Å². The summed E-state index contributed by atoms with van der Waals surface area (Å²) in [5.74, 6) is 0.0465. The highest BCUT2D eigenvalue weighted by Crippen LogP contribution is 2.29. The highest BCUT2D eigenvalue weighted by molar-refractivity contribution is 5.94. The number of likely N-dealkylation sites (N-methyl/N-ethyl adjacent to an activating group) is 1. The first-order valence-corrected chi connectivity index (χ1v) is 7.79. The molecule has 23 heavy (non-hydrogen) atoms. The van der Waals surface area contributed by atoms with Crippen LogP contribution < -0.4 is 10.1 Å².